The molecule has 1 aromatic carbocycles. The van der Waals surface area contributed by atoms with E-state index in [0.717, 1.165) is 4.47 Å². The van der Waals surface area contributed by atoms with E-state index in [4.69, 9.17) is 15.2 Å². The number of benzene rings is 1. The van der Waals surface area contributed by atoms with Gasteiger partial charge in [0.05, 0.1) is 19.4 Å². The van der Waals surface area contributed by atoms with Crippen LogP contribution in [0.2, 0.25) is 0 Å². The lowest BCUT2D eigenvalue weighted by atomic mass is 10.2. The quantitative estimate of drug-likeness (QED) is 0.858. The van der Waals surface area contributed by atoms with Crippen molar-refractivity contribution in [2.75, 3.05) is 26.1 Å². The molecule has 0 aromatic heterocycles. The molecule has 0 bridgehead atoms. The number of anilines is 1. The molecule has 1 unspecified atom stereocenters. The highest BCUT2D eigenvalue weighted by molar-refractivity contribution is 9.10. The minimum absolute atomic E-state index is 0. The van der Waals surface area contributed by atoms with Crippen LogP contribution in [0.15, 0.2) is 22.7 Å². The average Bonchev–Trinajstić information content (AvgIpc) is 2.29. The van der Waals surface area contributed by atoms with Gasteiger partial charge in [0, 0.05) is 11.6 Å². The molecule has 7 heteroatoms. The molecule has 1 aromatic rings. The molecule has 0 aliphatic heterocycles. The number of nitrogens with one attached hydrogen (secondary N) is 1. The van der Waals surface area contributed by atoms with Crippen molar-refractivity contribution in [3.05, 3.63) is 22.7 Å². The molecule has 3 N–H and O–H groups in total. The summed E-state index contributed by atoms with van der Waals surface area (Å²) in [6.07, 6.45) is 0. The van der Waals surface area contributed by atoms with Crippen LogP contribution in [0.25, 0.3) is 0 Å². The van der Waals surface area contributed by atoms with E-state index in [9.17, 15) is 4.79 Å². The summed E-state index contributed by atoms with van der Waals surface area (Å²) in [4.78, 5) is 11.7. The summed E-state index contributed by atoms with van der Waals surface area (Å²) < 4.78 is 10.8. The Morgan fingerprint density at radius 1 is 1.50 bits per heavy atom. The smallest absolute Gasteiger partial charge is 0.243 e. The number of carbonyl (C=O) groups excluding carboxylic acids is 1. The lowest BCUT2D eigenvalue weighted by Crippen LogP contribution is -2.39. The first kappa shape index (κ1) is 17.2. The van der Waals surface area contributed by atoms with Gasteiger partial charge in [-0.25, -0.2) is 0 Å². The molecular weight excluding hydrogens is 323 g/mol. The zero-order valence-corrected chi connectivity index (χ0v) is 12.5. The highest BCUT2D eigenvalue weighted by atomic mass is 79.9. The molecule has 18 heavy (non-hydrogen) atoms. The number of hydrogen-bond donors (Lipinski definition) is 2. The molecule has 0 aliphatic carbocycles. The molecule has 1 amide bonds. The molecule has 0 saturated heterocycles. The predicted octanol–water partition coefficient (Wildman–Crippen LogP) is 1.79. The molecule has 102 valence electrons. The van der Waals surface area contributed by atoms with Gasteiger partial charge in [-0.3, -0.25) is 4.79 Å². The molecule has 0 saturated carbocycles. The van der Waals surface area contributed by atoms with Crippen LogP contribution in [0.3, 0.4) is 0 Å². The van der Waals surface area contributed by atoms with E-state index in [1.54, 1.807) is 12.1 Å². The van der Waals surface area contributed by atoms with Gasteiger partial charge in [-0.15, -0.1) is 12.4 Å². The first-order valence-electron chi connectivity index (χ1n) is 4.97. The van der Waals surface area contributed by atoms with Crippen molar-refractivity contribution in [1.29, 1.82) is 0 Å². The Kier molecular flexibility index (Phi) is 7.93. The first-order valence-corrected chi connectivity index (χ1v) is 5.76. The number of rotatable bonds is 5. The van der Waals surface area contributed by atoms with Gasteiger partial charge in [0.2, 0.25) is 5.91 Å². The van der Waals surface area contributed by atoms with Gasteiger partial charge in [0.15, 0.2) is 0 Å². The standard InChI is InChI=1S/C11H15BrN2O3.ClH/c1-16-6-8(13)11(15)14-9-5-7(12)3-4-10(9)17-2;/h3-5,8H,6,13H2,1-2H3,(H,14,15);1H. The van der Waals surface area contributed by atoms with Crippen LogP contribution in [0.5, 0.6) is 5.75 Å². The van der Waals surface area contributed by atoms with Gasteiger partial charge < -0.3 is 20.5 Å². The summed E-state index contributed by atoms with van der Waals surface area (Å²) in [6.45, 7) is 0.169. The van der Waals surface area contributed by atoms with Gasteiger partial charge in [0.1, 0.15) is 11.8 Å². The van der Waals surface area contributed by atoms with Crippen LogP contribution in [0.1, 0.15) is 0 Å². The minimum atomic E-state index is -0.705. The average molecular weight is 340 g/mol. The number of nitrogens with two attached hydrogens (primary N) is 1. The largest absolute Gasteiger partial charge is 0.495 e. The Bertz CT molecular complexity index is 404. The maximum Gasteiger partial charge on any atom is 0.243 e. The fourth-order valence-electron chi connectivity index (χ4n) is 1.26. The second-order valence-corrected chi connectivity index (χ2v) is 4.31. The fraction of sp³-hybridized carbons (Fsp3) is 0.364. The van der Waals surface area contributed by atoms with Crippen LogP contribution in [-0.4, -0.2) is 32.8 Å². The Morgan fingerprint density at radius 2 is 2.17 bits per heavy atom. The van der Waals surface area contributed by atoms with E-state index in [0.29, 0.717) is 11.4 Å². The van der Waals surface area contributed by atoms with E-state index in [1.807, 2.05) is 6.07 Å². The third-order valence-electron chi connectivity index (χ3n) is 2.10. The Hall–Kier alpha value is -0.820. The maximum absolute atomic E-state index is 11.7. The van der Waals surface area contributed by atoms with E-state index < -0.39 is 6.04 Å². The Morgan fingerprint density at radius 3 is 2.72 bits per heavy atom. The number of halogens is 2. The van der Waals surface area contributed by atoms with Gasteiger partial charge >= 0.3 is 0 Å². The van der Waals surface area contributed by atoms with E-state index in [1.165, 1.54) is 14.2 Å². The van der Waals surface area contributed by atoms with Crippen molar-refractivity contribution >= 4 is 39.9 Å². The monoisotopic (exact) mass is 338 g/mol. The van der Waals surface area contributed by atoms with Crippen LogP contribution in [0, 0.1) is 0 Å². The topological polar surface area (TPSA) is 73.6 Å². The highest BCUT2D eigenvalue weighted by Gasteiger charge is 2.15. The van der Waals surface area contributed by atoms with Crippen molar-refractivity contribution < 1.29 is 14.3 Å². The number of methoxy groups -OCH3 is 2. The molecule has 0 spiro atoms. The van der Waals surface area contributed by atoms with Crippen LogP contribution in [0.4, 0.5) is 5.69 Å². The molecular formula is C11H16BrClN2O3. The molecule has 0 heterocycles. The van der Waals surface area contributed by atoms with E-state index >= 15 is 0 Å². The SMILES string of the molecule is COCC(N)C(=O)Nc1cc(Br)ccc1OC.Cl. The number of ether oxygens (including phenoxy) is 2. The van der Waals surface area contributed by atoms with E-state index in [2.05, 4.69) is 21.2 Å². The lowest BCUT2D eigenvalue weighted by Gasteiger charge is -2.14. The molecule has 0 fully saturated rings. The van der Waals surface area contributed by atoms with Crippen LogP contribution >= 0.6 is 28.3 Å². The van der Waals surface area contributed by atoms with Gasteiger partial charge in [-0.2, -0.15) is 0 Å². The first-order chi connectivity index (χ1) is 8.08. The molecule has 0 aliphatic rings. The molecule has 1 atom stereocenters. The number of carbonyl (C=O) groups is 1. The number of hydrogen-bond acceptors (Lipinski definition) is 4. The van der Waals surface area contributed by atoms with Gasteiger partial charge in [0.25, 0.3) is 0 Å². The fourth-order valence-corrected chi connectivity index (χ4v) is 1.62. The minimum Gasteiger partial charge on any atom is -0.495 e. The second kappa shape index (κ2) is 8.31. The highest BCUT2D eigenvalue weighted by Crippen LogP contribution is 2.27. The van der Waals surface area contributed by atoms with Crippen LogP contribution < -0.4 is 15.8 Å². The van der Waals surface area contributed by atoms with Crippen LogP contribution in [-0.2, 0) is 9.53 Å². The van der Waals surface area contributed by atoms with Crippen molar-refractivity contribution in [2.45, 2.75) is 6.04 Å². The summed E-state index contributed by atoms with van der Waals surface area (Å²) in [6, 6.07) is 4.62. The predicted molar refractivity (Wildman–Crippen MR) is 76.4 cm³/mol. The lowest BCUT2D eigenvalue weighted by molar-refractivity contribution is -0.118. The third kappa shape index (κ3) is 4.81. The second-order valence-electron chi connectivity index (χ2n) is 3.40. The Labute approximate surface area is 121 Å². The third-order valence-corrected chi connectivity index (χ3v) is 2.60. The summed E-state index contributed by atoms with van der Waals surface area (Å²) >= 11 is 3.32. The van der Waals surface area contributed by atoms with Crippen molar-refractivity contribution in [3.8, 4) is 5.75 Å². The summed E-state index contributed by atoms with van der Waals surface area (Å²) in [5.41, 5.74) is 6.18. The zero-order valence-electron chi connectivity index (χ0n) is 10.1. The molecule has 0 radical (unpaired) electrons. The van der Waals surface area contributed by atoms with Crippen molar-refractivity contribution in [2.24, 2.45) is 5.73 Å². The molecule has 1 rings (SSSR count). The van der Waals surface area contributed by atoms with Gasteiger partial charge in [-0.05, 0) is 18.2 Å². The van der Waals surface area contributed by atoms with Gasteiger partial charge in [-0.1, -0.05) is 15.9 Å². The van der Waals surface area contributed by atoms with Crippen molar-refractivity contribution in [3.63, 3.8) is 0 Å². The maximum atomic E-state index is 11.7. The van der Waals surface area contributed by atoms with Crippen molar-refractivity contribution in [1.82, 2.24) is 0 Å². The van der Waals surface area contributed by atoms with E-state index in [-0.39, 0.29) is 24.9 Å². The normalized spacial score (nSPS) is 11.3. The molecule has 5 nitrogen and oxygen atoms in total. The summed E-state index contributed by atoms with van der Waals surface area (Å²) in [5, 5.41) is 2.69. The zero-order chi connectivity index (χ0) is 12.8. The summed E-state index contributed by atoms with van der Waals surface area (Å²) in [7, 11) is 3.03. The Balaban J connectivity index is 0.00000289. The number of amides is 1. The summed E-state index contributed by atoms with van der Waals surface area (Å²) in [5.74, 6) is 0.259.